The average molecular weight is 524 g/mol. The minimum Gasteiger partial charge on any atom is -0.493 e. The Morgan fingerprint density at radius 1 is 1.03 bits per heavy atom. The van der Waals surface area contributed by atoms with Crippen LogP contribution in [0.3, 0.4) is 0 Å². The SMILES string of the molecule is COc1ccc(/C=N\NC(=O)CSc2nnc(-c3ccc(C)cc3)n2C2CCCCC2)c(OC)c1OC. The molecule has 0 saturated heterocycles. The second-order valence-corrected chi connectivity index (χ2v) is 9.78. The van der Waals surface area contributed by atoms with Crippen molar-refractivity contribution in [2.75, 3.05) is 27.1 Å². The van der Waals surface area contributed by atoms with Gasteiger partial charge in [0.15, 0.2) is 22.5 Å². The number of aryl methyl sites for hydroxylation is 1. The third kappa shape index (κ3) is 6.25. The van der Waals surface area contributed by atoms with Crippen LogP contribution in [-0.2, 0) is 4.79 Å². The summed E-state index contributed by atoms with van der Waals surface area (Å²) in [6, 6.07) is 12.2. The zero-order valence-electron chi connectivity index (χ0n) is 21.7. The predicted molar refractivity (Wildman–Crippen MR) is 145 cm³/mol. The number of hydrogen-bond acceptors (Lipinski definition) is 8. The van der Waals surface area contributed by atoms with E-state index in [-0.39, 0.29) is 11.7 Å². The van der Waals surface area contributed by atoms with Crippen molar-refractivity contribution in [1.29, 1.82) is 0 Å². The van der Waals surface area contributed by atoms with Gasteiger partial charge in [0.1, 0.15) is 0 Å². The molecule has 1 aliphatic rings. The Bertz CT molecular complexity index is 1240. The topological polar surface area (TPSA) is 99.9 Å². The number of amides is 1. The molecule has 0 spiro atoms. The van der Waals surface area contributed by atoms with E-state index >= 15 is 0 Å². The Labute approximate surface area is 221 Å². The third-order valence-corrected chi connectivity index (χ3v) is 7.32. The van der Waals surface area contributed by atoms with E-state index in [1.807, 2.05) is 0 Å². The van der Waals surface area contributed by atoms with Crippen molar-refractivity contribution < 1.29 is 19.0 Å². The molecule has 0 bridgehead atoms. The summed E-state index contributed by atoms with van der Waals surface area (Å²) in [6.45, 7) is 2.07. The van der Waals surface area contributed by atoms with Crippen molar-refractivity contribution in [3.05, 3.63) is 47.5 Å². The summed E-state index contributed by atoms with van der Waals surface area (Å²) in [7, 11) is 4.63. The molecule has 9 nitrogen and oxygen atoms in total. The molecule has 3 aromatic rings. The molecule has 1 fully saturated rings. The number of carbonyl (C=O) groups excluding carboxylic acids is 1. The van der Waals surface area contributed by atoms with Gasteiger partial charge in [-0.3, -0.25) is 9.36 Å². The standard InChI is InChI=1S/C27H33N5O4S/c1-18-10-12-19(13-11-18)26-30-31-27(32(26)21-8-6-5-7-9-21)37-17-23(33)29-28-16-20-14-15-22(34-2)25(36-4)24(20)35-3/h10-16,21H,5-9,17H2,1-4H3,(H,29,33)/b28-16-. The van der Waals surface area contributed by atoms with E-state index < -0.39 is 0 Å². The molecule has 196 valence electrons. The van der Waals surface area contributed by atoms with Gasteiger partial charge < -0.3 is 14.2 Å². The predicted octanol–water partition coefficient (Wildman–Crippen LogP) is 5.03. The lowest BCUT2D eigenvalue weighted by molar-refractivity contribution is -0.118. The van der Waals surface area contributed by atoms with Crippen LogP contribution in [0.15, 0.2) is 46.7 Å². The van der Waals surface area contributed by atoms with Crippen LogP contribution in [0, 0.1) is 6.92 Å². The maximum Gasteiger partial charge on any atom is 0.250 e. The summed E-state index contributed by atoms with van der Waals surface area (Å²) < 4.78 is 18.4. The normalized spacial score (nSPS) is 14.1. The summed E-state index contributed by atoms with van der Waals surface area (Å²) in [5.74, 6) is 2.26. The van der Waals surface area contributed by atoms with Crippen molar-refractivity contribution in [3.63, 3.8) is 0 Å². The number of methoxy groups -OCH3 is 3. The van der Waals surface area contributed by atoms with Crippen molar-refractivity contribution in [3.8, 4) is 28.6 Å². The fourth-order valence-electron chi connectivity index (χ4n) is 4.51. The highest BCUT2D eigenvalue weighted by Crippen LogP contribution is 2.39. The minimum atomic E-state index is -0.240. The molecule has 0 aliphatic heterocycles. The Morgan fingerprint density at radius 2 is 1.76 bits per heavy atom. The maximum absolute atomic E-state index is 12.6. The van der Waals surface area contributed by atoms with Crippen LogP contribution in [0.25, 0.3) is 11.4 Å². The fraction of sp³-hybridized carbons (Fsp3) is 0.407. The van der Waals surface area contributed by atoms with E-state index in [2.05, 4.69) is 56.5 Å². The van der Waals surface area contributed by atoms with Crippen molar-refractivity contribution in [2.24, 2.45) is 5.10 Å². The fourth-order valence-corrected chi connectivity index (χ4v) is 5.30. The van der Waals surface area contributed by atoms with Crippen LogP contribution in [0.2, 0.25) is 0 Å². The number of benzene rings is 2. The van der Waals surface area contributed by atoms with Crippen molar-refractivity contribution >= 4 is 23.9 Å². The first kappa shape index (κ1) is 26.5. The highest BCUT2D eigenvalue weighted by atomic mass is 32.2. The van der Waals surface area contributed by atoms with Gasteiger partial charge in [0.25, 0.3) is 5.91 Å². The Morgan fingerprint density at radius 3 is 2.43 bits per heavy atom. The smallest absolute Gasteiger partial charge is 0.250 e. The molecule has 37 heavy (non-hydrogen) atoms. The highest BCUT2D eigenvalue weighted by Gasteiger charge is 2.24. The van der Waals surface area contributed by atoms with Gasteiger partial charge in [0.05, 0.1) is 33.3 Å². The van der Waals surface area contributed by atoms with Gasteiger partial charge in [-0.1, -0.05) is 60.9 Å². The Balaban J connectivity index is 1.45. The van der Waals surface area contributed by atoms with Gasteiger partial charge in [0.2, 0.25) is 5.75 Å². The molecule has 1 N–H and O–H groups in total. The van der Waals surface area contributed by atoms with Crippen molar-refractivity contribution in [1.82, 2.24) is 20.2 Å². The van der Waals surface area contributed by atoms with E-state index in [9.17, 15) is 4.79 Å². The van der Waals surface area contributed by atoms with Gasteiger partial charge in [0, 0.05) is 17.2 Å². The summed E-state index contributed by atoms with van der Waals surface area (Å²) in [4.78, 5) is 12.6. The molecular weight excluding hydrogens is 490 g/mol. The lowest BCUT2D eigenvalue weighted by atomic mass is 9.95. The molecule has 10 heteroatoms. The summed E-state index contributed by atoms with van der Waals surface area (Å²) in [6.07, 6.45) is 7.34. The number of hydrogen-bond donors (Lipinski definition) is 1. The van der Waals surface area contributed by atoms with E-state index in [1.54, 1.807) is 19.2 Å². The summed E-state index contributed by atoms with van der Waals surface area (Å²) in [5.41, 5.74) is 5.47. The molecule has 4 rings (SSSR count). The molecule has 0 atom stereocenters. The van der Waals surface area contributed by atoms with E-state index in [4.69, 9.17) is 14.2 Å². The van der Waals surface area contributed by atoms with E-state index in [0.717, 1.165) is 29.4 Å². The molecule has 0 radical (unpaired) electrons. The number of hydrazone groups is 1. The van der Waals surface area contributed by atoms with Crippen LogP contribution in [0.4, 0.5) is 0 Å². The molecule has 1 aliphatic carbocycles. The Hall–Kier alpha value is -3.53. The van der Waals surface area contributed by atoms with Crippen LogP contribution in [0.1, 0.15) is 49.3 Å². The summed E-state index contributed by atoms with van der Waals surface area (Å²) in [5, 5.41) is 13.8. The largest absolute Gasteiger partial charge is 0.493 e. The van der Waals surface area contributed by atoms with Gasteiger partial charge >= 0.3 is 0 Å². The van der Waals surface area contributed by atoms with Crippen LogP contribution in [-0.4, -0.2) is 54.0 Å². The van der Waals surface area contributed by atoms with E-state index in [0.29, 0.717) is 28.9 Å². The lowest BCUT2D eigenvalue weighted by Crippen LogP contribution is -2.21. The number of aromatic nitrogens is 3. The molecule has 1 saturated carbocycles. The van der Waals surface area contributed by atoms with Gasteiger partial charge in [-0.05, 0) is 31.9 Å². The highest BCUT2D eigenvalue weighted by molar-refractivity contribution is 7.99. The van der Waals surface area contributed by atoms with Crippen LogP contribution in [0.5, 0.6) is 17.2 Å². The number of rotatable bonds is 10. The summed E-state index contributed by atoms with van der Waals surface area (Å²) >= 11 is 1.37. The molecular formula is C27H33N5O4S. The number of nitrogens with one attached hydrogen (secondary N) is 1. The molecule has 2 aromatic carbocycles. The first-order valence-electron chi connectivity index (χ1n) is 12.3. The zero-order valence-corrected chi connectivity index (χ0v) is 22.5. The number of carbonyl (C=O) groups is 1. The molecule has 1 amide bonds. The lowest BCUT2D eigenvalue weighted by Gasteiger charge is -2.25. The maximum atomic E-state index is 12.6. The second kappa shape index (κ2) is 12.6. The van der Waals surface area contributed by atoms with Crippen molar-refractivity contribution in [2.45, 2.75) is 50.2 Å². The Kier molecular flexibility index (Phi) is 9.05. The zero-order chi connectivity index (χ0) is 26.2. The van der Waals surface area contributed by atoms with Gasteiger partial charge in [-0.2, -0.15) is 5.10 Å². The monoisotopic (exact) mass is 523 g/mol. The average Bonchev–Trinajstić information content (AvgIpc) is 3.36. The van der Waals surface area contributed by atoms with Crippen LogP contribution >= 0.6 is 11.8 Å². The minimum absolute atomic E-state index is 0.166. The second-order valence-electron chi connectivity index (χ2n) is 8.84. The number of nitrogens with zero attached hydrogens (tertiary/aromatic N) is 4. The molecule has 1 heterocycles. The number of ether oxygens (including phenoxy) is 3. The number of thioether (sulfide) groups is 1. The quantitative estimate of drug-likeness (QED) is 0.226. The third-order valence-electron chi connectivity index (χ3n) is 6.37. The van der Waals surface area contributed by atoms with Gasteiger partial charge in [-0.25, -0.2) is 5.43 Å². The molecule has 0 unspecified atom stereocenters. The van der Waals surface area contributed by atoms with Crippen LogP contribution < -0.4 is 19.6 Å². The van der Waals surface area contributed by atoms with E-state index in [1.165, 1.54) is 57.0 Å². The van der Waals surface area contributed by atoms with Gasteiger partial charge in [-0.15, -0.1) is 10.2 Å². The first-order valence-corrected chi connectivity index (χ1v) is 13.3. The first-order chi connectivity index (χ1) is 18.0. The molecule has 1 aromatic heterocycles.